The van der Waals surface area contributed by atoms with Crippen molar-refractivity contribution in [2.45, 2.75) is 13.8 Å². The molecule has 0 aliphatic heterocycles. The van der Waals surface area contributed by atoms with Gasteiger partial charge in [0.05, 0.1) is 12.1 Å². The first-order valence-electron chi connectivity index (χ1n) is 15.1. The first kappa shape index (κ1) is 43.5. The molecule has 0 aliphatic rings. The molecule has 10 heteroatoms. The Balaban J connectivity index is 0.000000382. The number of rotatable bonds is 6. The fourth-order valence-electron chi connectivity index (χ4n) is 4.36. The molecule has 50 heavy (non-hydrogen) atoms. The van der Waals surface area contributed by atoms with Crippen molar-refractivity contribution in [1.82, 2.24) is 0 Å². The normalized spacial score (nSPS) is 9.56. The predicted molar refractivity (Wildman–Crippen MR) is 203 cm³/mol. The fraction of sp³-hybridized carbons (Fsp3) is 0.0500. The minimum absolute atomic E-state index is 0. The first-order valence-corrected chi connectivity index (χ1v) is 17.8. The molecule has 0 aromatic heterocycles. The maximum absolute atomic E-state index is 9.75. The average Bonchev–Trinajstić information content (AvgIpc) is 3.12. The van der Waals surface area contributed by atoms with Crippen LogP contribution in [0.5, 0.6) is 0 Å². The third kappa shape index (κ3) is 17.2. The Morgan fingerprint density at radius 3 is 0.560 bits per heavy atom. The van der Waals surface area contributed by atoms with Gasteiger partial charge in [0.25, 0.3) is 0 Å². The van der Waals surface area contributed by atoms with Crippen molar-refractivity contribution in [3.05, 3.63) is 182 Å². The third-order valence-corrected chi connectivity index (χ3v) is 11.0. The molecular formula is C40H36BCuF4N2P2. The molecule has 0 unspecified atom stereocenters. The van der Waals surface area contributed by atoms with Gasteiger partial charge in [-0.3, -0.25) is 0 Å². The molecule has 6 aromatic rings. The van der Waals surface area contributed by atoms with Gasteiger partial charge >= 0.3 is 24.3 Å². The van der Waals surface area contributed by atoms with Crippen LogP contribution in [0, 0.1) is 22.7 Å². The molecule has 0 N–H and O–H groups in total. The van der Waals surface area contributed by atoms with Crippen LogP contribution in [0.4, 0.5) is 17.3 Å². The summed E-state index contributed by atoms with van der Waals surface area (Å²) < 4.78 is 39.0. The molecule has 0 amide bonds. The molecule has 0 fully saturated rings. The summed E-state index contributed by atoms with van der Waals surface area (Å²) in [6, 6.07) is 68.2. The number of nitriles is 2. The van der Waals surface area contributed by atoms with E-state index in [9.17, 15) is 17.3 Å². The number of halogens is 4. The summed E-state index contributed by atoms with van der Waals surface area (Å²) in [7, 11) is -6.89. The van der Waals surface area contributed by atoms with Crippen LogP contribution in [0.25, 0.3) is 0 Å². The Hall–Kier alpha value is -4.54. The summed E-state index contributed by atoms with van der Waals surface area (Å²) in [6.07, 6.45) is 0. The molecule has 6 rings (SSSR count). The molecule has 0 atom stereocenters. The van der Waals surface area contributed by atoms with E-state index in [0.29, 0.717) is 0 Å². The molecule has 0 saturated carbocycles. The van der Waals surface area contributed by atoms with E-state index in [1.807, 2.05) is 0 Å². The fourth-order valence-corrected chi connectivity index (χ4v) is 8.97. The zero-order valence-electron chi connectivity index (χ0n) is 27.5. The van der Waals surface area contributed by atoms with Gasteiger partial charge in [-0.2, -0.15) is 10.5 Å². The monoisotopic (exact) mass is 756 g/mol. The van der Waals surface area contributed by atoms with Crippen LogP contribution in [-0.2, 0) is 17.1 Å². The Morgan fingerprint density at radius 1 is 0.360 bits per heavy atom. The molecule has 0 bridgehead atoms. The zero-order valence-corrected chi connectivity index (χ0v) is 30.2. The molecule has 0 saturated heterocycles. The van der Waals surface area contributed by atoms with Crippen LogP contribution < -0.4 is 31.8 Å². The van der Waals surface area contributed by atoms with Crippen LogP contribution in [0.1, 0.15) is 13.8 Å². The number of hydrogen-bond acceptors (Lipinski definition) is 2. The topological polar surface area (TPSA) is 47.6 Å². The SMILES string of the molecule is CC#N.CC#N.F[B-](F)(F)F.[Cu+].c1ccc(P(c2ccccc2)c2ccccc2)cc1.c1ccc(P(c2ccccc2)c2ccccc2)cc1. The van der Waals surface area contributed by atoms with E-state index in [4.69, 9.17) is 10.5 Å². The Morgan fingerprint density at radius 2 is 0.460 bits per heavy atom. The molecular weight excluding hydrogens is 721 g/mol. The molecule has 0 spiro atoms. The molecule has 258 valence electrons. The second-order valence-electron chi connectivity index (χ2n) is 9.63. The van der Waals surface area contributed by atoms with E-state index < -0.39 is 23.1 Å². The largest absolute Gasteiger partial charge is 1.00 e. The van der Waals surface area contributed by atoms with Gasteiger partial charge in [0.2, 0.25) is 0 Å². The van der Waals surface area contributed by atoms with E-state index in [1.54, 1.807) is 12.1 Å². The van der Waals surface area contributed by atoms with Gasteiger partial charge in [0.15, 0.2) is 0 Å². The van der Waals surface area contributed by atoms with Gasteiger partial charge in [-0.25, -0.2) is 0 Å². The van der Waals surface area contributed by atoms with E-state index in [0.717, 1.165) is 0 Å². The van der Waals surface area contributed by atoms with Crippen LogP contribution in [0.3, 0.4) is 0 Å². The van der Waals surface area contributed by atoms with E-state index in [-0.39, 0.29) is 17.1 Å². The smallest absolute Gasteiger partial charge is 0.418 e. The van der Waals surface area contributed by atoms with Crippen molar-refractivity contribution in [1.29, 1.82) is 10.5 Å². The minimum Gasteiger partial charge on any atom is -0.418 e. The van der Waals surface area contributed by atoms with E-state index in [2.05, 4.69) is 182 Å². The van der Waals surface area contributed by atoms with Gasteiger partial charge in [0.1, 0.15) is 0 Å². The van der Waals surface area contributed by atoms with Crippen molar-refractivity contribution in [3.8, 4) is 12.1 Å². The summed E-state index contributed by atoms with van der Waals surface area (Å²) in [5.41, 5.74) is 0. The van der Waals surface area contributed by atoms with Crippen molar-refractivity contribution in [2.75, 3.05) is 0 Å². The molecule has 0 aliphatic carbocycles. The van der Waals surface area contributed by atoms with Gasteiger partial charge in [-0.05, 0) is 47.7 Å². The van der Waals surface area contributed by atoms with Crippen LogP contribution >= 0.6 is 15.8 Å². The van der Waals surface area contributed by atoms with Crippen LogP contribution in [0.15, 0.2) is 182 Å². The molecule has 0 radical (unpaired) electrons. The number of hydrogen-bond donors (Lipinski definition) is 0. The summed E-state index contributed by atoms with van der Waals surface area (Å²) >= 11 is 0. The summed E-state index contributed by atoms with van der Waals surface area (Å²) in [5, 5.41) is 23.0. The summed E-state index contributed by atoms with van der Waals surface area (Å²) in [5.74, 6) is 0. The second-order valence-corrected chi connectivity index (χ2v) is 14.1. The molecule has 0 heterocycles. The Kier molecular flexibility index (Phi) is 22.1. The Labute approximate surface area is 306 Å². The predicted octanol–water partition coefficient (Wildman–Crippen LogP) is 9.25. The minimum atomic E-state index is -6.00. The quantitative estimate of drug-likeness (QED) is 0.0967. The first-order chi connectivity index (χ1) is 23.7. The Bertz CT molecular complexity index is 1470. The standard InChI is InChI=1S/2C18H15P.2C2H3N.BF4.Cu/c2*1-4-10-16(11-5-1)19(17-12-6-2-7-13-17)18-14-8-3-9-15-18;2*1-2-3;2-1(3,4)5;/h2*1-15H;2*1H3;;/q;;;;-1;+1. The van der Waals surface area contributed by atoms with Crippen molar-refractivity contribution >= 4 is 54.9 Å². The van der Waals surface area contributed by atoms with E-state index >= 15 is 0 Å². The van der Waals surface area contributed by atoms with Gasteiger partial charge in [0, 0.05) is 13.8 Å². The molecule has 6 aromatic carbocycles. The average molecular weight is 757 g/mol. The van der Waals surface area contributed by atoms with Gasteiger partial charge in [-0.15, -0.1) is 0 Å². The number of benzene rings is 6. The second kappa shape index (κ2) is 25.4. The third-order valence-electron chi connectivity index (χ3n) is 6.09. The summed E-state index contributed by atoms with van der Waals surface area (Å²) in [4.78, 5) is 0. The van der Waals surface area contributed by atoms with Gasteiger partial charge in [-0.1, -0.05) is 182 Å². The van der Waals surface area contributed by atoms with Crippen molar-refractivity contribution in [2.24, 2.45) is 0 Å². The van der Waals surface area contributed by atoms with E-state index in [1.165, 1.54) is 45.7 Å². The van der Waals surface area contributed by atoms with Crippen molar-refractivity contribution < 1.29 is 34.3 Å². The maximum atomic E-state index is 9.75. The maximum Gasteiger partial charge on any atom is 1.00 e. The van der Waals surface area contributed by atoms with Crippen LogP contribution in [0.2, 0.25) is 0 Å². The van der Waals surface area contributed by atoms with Gasteiger partial charge < -0.3 is 17.3 Å². The summed E-state index contributed by atoms with van der Waals surface area (Å²) in [6.45, 7) is 2.86. The zero-order chi connectivity index (χ0) is 35.7. The van der Waals surface area contributed by atoms with Crippen LogP contribution in [-0.4, -0.2) is 7.25 Å². The van der Waals surface area contributed by atoms with Crippen molar-refractivity contribution in [3.63, 3.8) is 0 Å². The molecule has 2 nitrogen and oxygen atoms in total. The number of nitrogens with zero attached hydrogens (tertiary/aromatic N) is 2.